The van der Waals surface area contributed by atoms with Crippen LogP contribution in [0.4, 0.5) is 14.5 Å². The minimum atomic E-state index is -0.711. The van der Waals surface area contributed by atoms with Crippen molar-refractivity contribution in [3.8, 4) is 0 Å². The number of likely N-dealkylation sites (N-methyl/N-ethyl adjacent to an activating group) is 1. The molecule has 2 amide bonds. The fraction of sp³-hybridized carbons (Fsp3) is 0.562. The second-order valence-electron chi connectivity index (χ2n) is 12.2. The van der Waals surface area contributed by atoms with Crippen LogP contribution in [-0.2, 0) is 16.1 Å². The molecule has 4 N–H and O–H groups in total. The molecule has 0 radical (unpaired) electrons. The highest BCUT2D eigenvalue weighted by Crippen LogP contribution is 2.28. The summed E-state index contributed by atoms with van der Waals surface area (Å²) in [5.41, 5.74) is 2.09. The van der Waals surface area contributed by atoms with Crippen LogP contribution >= 0.6 is 23.2 Å². The van der Waals surface area contributed by atoms with Gasteiger partial charge in [-0.25, -0.2) is 8.78 Å². The molecule has 7 nitrogen and oxygen atoms in total. The topological polar surface area (TPSA) is 102 Å². The first-order chi connectivity index (χ1) is 19.9. The Morgan fingerprint density at radius 2 is 1.74 bits per heavy atom. The zero-order valence-electron chi connectivity index (χ0n) is 26.6. The lowest BCUT2D eigenvalue weighted by atomic mass is 9.86. The van der Waals surface area contributed by atoms with Crippen LogP contribution in [0.15, 0.2) is 30.3 Å². The van der Waals surface area contributed by atoms with Gasteiger partial charge in [0.25, 0.3) is 0 Å². The Balaban J connectivity index is 0.000000850. The van der Waals surface area contributed by atoms with Gasteiger partial charge in [0.1, 0.15) is 11.6 Å². The van der Waals surface area contributed by atoms with Crippen LogP contribution in [0.5, 0.6) is 0 Å². The molecule has 2 atom stereocenters. The average Bonchev–Trinajstić information content (AvgIpc) is 2.87. The summed E-state index contributed by atoms with van der Waals surface area (Å²) < 4.78 is 28.0. The third-order valence-electron chi connectivity index (χ3n) is 5.93. The number of carbonyl (C=O) groups excluding carboxylic acids is 2. The molecule has 0 saturated heterocycles. The van der Waals surface area contributed by atoms with Crippen LogP contribution in [0.2, 0.25) is 10.0 Å². The predicted molar refractivity (Wildman–Crippen MR) is 173 cm³/mol. The van der Waals surface area contributed by atoms with E-state index in [0.717, 1.165) is 5.92 Å². The SMILES string of the molecule is CC(=O)Nc1cc(Cl)c(F)cc1CN(C)CC(C)c1cccc(Cl)c1F.CC(C)CC(C)(C)C.O=CNCCC(O)CO. The maximum Gasteiger partial charge on any atom is 0.221 e. The highest BCUT2D eigenvalue weighted by molar-refractivity contribution is 6.31. The van der Waals surface area contributed by atoms with E-state index < -0.39 is 17.7 Å². The van der Waals surface area contributed by atoms with E-state index in [9.17, 15) is 18.4 Å². The summed E-state index contributed by atoms with van der Waals surface area (Å²) in [5, 5.41) is 22.0. The van der Waals surface area contributed by atoms with Gasteiger partial charge in [-0.2, -0.15) is 0 Å². The molecule has 2 aromatic rings. The highest BCUT2D eigenvalue weighted by atomic mass is 35.5. The van der Waals surface area contributed by atoms with Crippen molar-refractivity contribution >= 4 is 41.2 Å². The number of carbonyl (C=O) groups is 2. The van der Waals surface area contributed by atoms with Gasteiger partial charge >= 0.3 is 0 Å². The first kappa shape index (κ1) is 40.7. The van der Waals surface area contributed by atoms with Crippen LogP contribution in [0.1, 0.15) is 78.4 Å². The van der Waals surface area contributed by atoms with Crippen LogP contribution in [0.25, 0.3) is 0 Å². The maximum absolute atomic E-state index is 14.2. The lowest BCUT2D eigenvalue weighted by Gasteiger charge is -2.23. The first-order valence-corrected chi connectivity index (χ1v) is 15.0. The van der Waals surface area contributed by atoms with Crippen molar-refractivity contribution in [1.29, 1.82) is 0 Å². The van der Waals surface area contributed by atoms with E-state index in [1.54, 1.807) is 12.1 Å². The first-order valence-electron chi connectivity index (χ1n) is 14.3. The number of aliphatic hydroxyl groups is 2. The number of nitrogens with one attached hydrogen (secondary N) is 2. The third kappa shape index (κ3) is 18.2. The van der Waals surface area contributed by atoms with E-state index >= 15 is 0 Å². The molecule has 0 spiro atoms. The Kier molecular flexibility index (Phi) is 19.5. The summed E-state index contributed by atoms with van der Waals surface area (Å²) >= 11 is 11.7. The number of benzene rings is 2. The molecule has 11 heteroatoms. The van der Waals surface area contributed by atoms with E-state index in [4.69, 9.17) is 33.4 Å². The number of hydrogen-bond acceptors (Lipinski definition) is 5. The Labute approximate surface area is 266 Å². The van der Waals surface area contributed by atoms with Gasteiger partial charge in [-0.3, -0.25) is 9.59 Å². The summed E-state index contributed by atoms with van der Waals surface area (Å²) in [4.78, 5) is 22.9. The van der Waals surface area contributed by atoms with Crippen LogP contribution < -0.4 is 10.6 Å². The van der Waals surface area contributed by atoms with Crippen LogP contribution in [-0.4, -0.2) is 60.3 Å². The quantitative estimate of drug-likeness (QED) is 0.146. The Bertz CT molecular complexity index is 1130. The Morgan fingerprint density at radius 3 is 2.23 bits per heavy atom. The van der Waals surface area contributed by atoms with Gasteiger partial charge in [-0.15, -0.1) is 0 Å². The van der Waals surface area contributed by atoms with Gasteiger partial charge in [0.05, 0.1) is 22.8 Å². The van der Waals surface area contributed by atoms with E-state index in [1.165, 1.54) is 31.5 Å². The molecule has 43 heavy (non-hydrogen) atoms. The smallest absolute Gasteiger partial charge is 0.221 e. The van der Waals surface area contributed by atoms with Crippen molar-refractivity contribution in [1.82, 2.24) is 10.2 Å². The van der Waals surface area contributed by atoms with Gasteiger partial charge < -0.3 is 25.7 Å². The second kappa shape index (κ2) is 20.6. The largest absolute Gasteiger partial charge is 0.394 e. The minimum absolute atomic E-state index is 0.0606. The maximum atomic E-state index is 14.2. The molecule has 0 aliphatic heterocycles. The van der Waals surface area contributed by atoms with E-state index in [1.807, 2.05) is 18.9 Å². The Hall–Kier alpha value is -2.30. The van der Waals surface area contributed by atoms with Crippen molar-refractivity contribution < 1.29 is 28.6 Å². The molecule has 244 valence electrons. The summed E-state index contributed by atoms with van der Waals surface area (Å²) in [6.45, 7) is 15.7. The summed E-state index contributed by atoms with van der Waals surface area (Å²) in [5.74, 6) is -0.536. The van der Waals surface area contributed by atoms with Crippen molar-refractivity contribution in [3.63, 3.8) is 0 Å². The number of rotatable bonds is 12. The molecular formula is C32H49Cl2F2N3O4. The highest BCUT2D eigenvalue weighted by Gasteiger charge is 2.17. The molecule has 2 aromatic carbocycles. The van der Waals surface area contributed by atoms with Gasteiger partial charge in [-0.1, -0.05) is 76.9 Å². The molecule has 2 rings (SSSR count). The lowest BCUT2D eigenvalue weighted by molar-refractivity contribution is -0.114. The van der Waals surface area contributed by atoms with E-state index in [2.05, 4.69) is 45.3 Å². The zero-order valence-corrected chi connectivity index (χ0v) is 28.1. The minimum Gasteiger partial charge on any atom is -0.394 e. The molecular weight excluding hydrogens is 599 g/mol. The molecule has 0 aliphatic rings. The second-order valence-corrected chi connectivity index (χ2v) is 13.0. The van der Waals surface area contributed by atoms with Gasteiger partial charge in [0.15, 0.2) is 0 Å². The van der Waals surface area contributed by atoms with E-state index in [0.29, 0.717) is 54.7 Å². The number of aliphatic hydroxyl groups excluding tert-OH is 2. The molecule has 0 saturated carbocycles. The van der Waals surface area contributed by atoms with E-state index in [-0.39, 0.29) is 28.5 Å². The normalized spacial score (nSPS) is 12.5. The summed E-state index contributed by atoms with van der Waals surface area (Å²) in [6.07, 6.45) is 1.57. The van der Waals surface area contributed by atoms with Crippen LogP contribution in [0, 0.1) is 23.0 Å². The summed E-state index contributed by atoms with van der Waals surface area (Å²) in [7, 11) is 1.84. The van der Waals surface area contributed by atoms with Gasteiger partial charge in [0.2, 0.25) is 12.3 Å². The lowest BCUT2D eigenvalue weighted by Crippen LogP contribution is -2.24. The standard InChI is InChI=1S/C19H20Cl2F2N2O.C8H18.C5H11NO3/c1-11(14-5-4-6-15(20)19(14)23)9-25(3)10-13-7-17(22)16(21)8-18(13)24-12(2)26;1-7(2)6-8(3,4)5;7-3-5(9)1-2-6-4-8/h4-8,11H,9-10H2,1-3H3,(H,24,26);7H,6H2,1-5H3;4-5,7,9H,1-3H2,(H,6,8). The summed E-state index contributed by atoms with van der Waals surface area (Å²) in [6, 6.07) is 7.61. The van der Waals surface area contributed by atoms with Crippen molar-refractivity contribution in [2.24, 2.45) is 11.3 Å². The number of halogens is 4. The molecule has 2 unspecified atom stereocenters. The fourth-order valence-electron chi connectivity index (χ4n) is 4.47. The molecule has 0 heterocycles. The van der Waals surface area contributed by atoms with Gasteiger partial charge in [-0.05, 0) is 66.5 Å². The average molecular weight is 649 g/mol. The number of amides is 2. The number of hydrogen-bond donors (Lipinski definition) is 4. The molecule has 0 aliphatic carbocycles. The van der Waals surface area contributed by atoms with Crippen LogP contribution in [0.3, 0.4) is 0 Å². The Morgan fingerprint density at radius 1 is 1.12 bits per heavy atom. The van der Waals surface area contributed by atoms with Crippen molar-refractivity contribution in [2.45, 2.75) is 79.9 Å². The fourth-order valence-corrected chi connectivity index (χ4v) is 4.82. The predicted octanol–water partition coefficient (Wildman–Crippen LogP) is 7.02. The number of nitrogens with zero attached hydrogens (tertiary/aromatic N) is 1. The van der Waals surface area contributed by atoms with Crippen molar-refractivity contribution in [2.75, 3.05) is 32.1 Å². The van der Waals surface area contributed by atoms with Gasteiger partial charge in [0, 0.05) is 32.2 Å². The molecule has 0 bridgehead atoms. The molecule has 0 fully saturated rings. The number of anilines is 1. The zero-order chi connectivity index (χ0) is 33.3. The molecule has 0 aromatic heterocycles. The van der Waals surface area contributed by atoms with Crippen molar-refractivity contribution in [3.05, 3.63) is 63.1 Å². The third-order valence-corrected chi connectivity index (χ3v) is 6.51. The monoisotopic (exact) mass is 647 g/mol.